The second-order valence-corrected chi connectivity index (χ2v) is 5.84. The van der Waals surface area contributed by atoms with Gasteiger partial charge >= 0.3 is 0 Å². The van der Waals surface area contributed by atoms with Gasteiger partial charge in [0.05, 0.1) is 6.54 Å². The normalized spacial score (nSPS) is 11.6. The number of aliphatic imine (C=N–C) groups is 1. The Kier molecular flexibility index (Phi) is 4.38. The minimum absolute atomic E-state index is 0.435. The van der Waals surface area contributed by atoms with E-state index in [-0.39, 0.29) is 0 Å². The van der Waals surface area contributed by atoms with Crippen molar-refractivity contribution >= 4 is 38.9 Å². The second-order valence-electron chi connectivity index (χ2n) is 3.93. The molecule has 2 rings (SSSR count). The minimum atomic E-state index is 0.435. The van der Waals surface area contributed by atoms with E-state index in [2.05, 4.69) is 26.2 Å². The van der Waals surface area contributed by atoms with Gasteiger partial charge in [-0.1, -0.05) is 12.1 Å². The van der Waals surface area contributed by atoms with Crippen LogP contribution in [0.3, 0.4) is 0 Å². The number of hydrogen-bond acceptors (Lipinski definition) is 2. The molecule has 1 aromatic heterocycles. The number of hydrogen-bond donors (Lipinski definition) is 2. The lowest BCUT2D eigenvalue weighted by atomic mass is 10.2. The summed E-state index contributed by atoms with van der Waals surface area (Å²) in [6.07, 6.45) is 0. The lowest BCUT2D eigenvalue weighted by Crippen LogP contribution is -2.22. The van der Waals surface area contributed by atoms with Crippen LogP contribution in [0.4, 0.5) is 5.69 Å². The summed E-state index contributed by atoms with van der Waals surface area (Å²) in [5, 5.41) is 5.12. The van der Waals surface area contributed by atoms with Crippen molar-refractivity contribution in [2.75, 3.05) is 5.32 Å². The fourth-order valence-electron chi connectivity index (χ4n) is 1.51. The largest absolute Gasteiger partial charge is 0.370 e. The van der Waals surface area contributed by atoms with Crippen LogP contribution >= 0.6 is 27.3 Å². The molecule has 1 aromatic carbocycles. The molecule has 3 nitrogen and oxygen atoms in total. The van der Waals surface area contributed by atoms with Crippen LogP contribution in [0.5, 0.6) is 0 Å². The average Bonchev–Trinajstić information content (AvgIpc) is 2.73. The number of guanidine groups is 1. The summed E-state index contributed by atoms with van der Waals surface area (Å²) >= 11 is 5.08. The summed E-state index contributed by atoms with van der Waals surface area (Å²) in [4.78, 5) is 5.48. The van der Waals surface area contributed by atoms with Crippen LogP contribution in [-0.4, -0.2) is 5.96 Å². The number of aryl methyl sites for hydroxylation is 1. The Bertz CT molecular complexity index is 563. The average molecular weight is 324 g/mol. The third-order valence-corrected chi connectivity index (χ3v) is 4.00. The Morgan fingerprint density at radius 1 is 1.44 bits per heavy atom. The molecule has 0 aliphatic carbocycles. The maximum atomic E-state index is 5.84. The number of halogens is 1. The fourth-order valence-corrected chi connectivity index (χ4v) is 2.88. The highest BCUT2D eigenvalue weighted by atomic mass is 79.9. The molecule has 0 aliphatic heterocycles. The molecule has 0 saturated carbocycles. The number of benzene rings is 1. The predicted octanol–water partition coefficient (Wildman–Crippen LogP) is 3.75. The lowest BCUT2D eigenvalue weighted by Gasteiger charge is -2.05. The fraction of sp³-hybridized carbons (Fsp3) is 0.154. The van der Waals surface area contributed by atoms with E-state index < -0.39 is 0 Å². The zero-order valence-electron chi connectivity index (χ0n) is 9.98. The number of rotatable bonds is 3. The summed E-state index contributed by atoms with van der Waals surface area (Å²) in [6, 6.07) is 10.1. The van der Waals surface area contributed by atoms with Crippen LogP contribution in [-0.2, 0) is 6.54 Å². The van der Waals surface area contributed by atoms with Gasteiger partial charge in [0.1, 0.15) is 0 Å². The molecule has 5 heteroatoms. The van der Waals surface area contributed by atoms with Crippen molar-refractivity contribution in [2.24, 2.45) is 10.7 Å². The molecular weight excluding hydrogens is 310 g/mol. The van der Waals surface area contributed by atoms with Crippen LogP contribution in [0.15, 0.2) is 45.2 Å². The zero-order chi connectivity index (χ0) is 13.0. The first-order valence-corrected chi connectivity index (χ1v) is 7.17. The highest BCUT2D eigenvalue weighted by molar-refractivity contribution is 9.10. The SMILES string of the molecule is Cc1cccc(NC(N)=NCc2cc(Br)cs2)c1. The quantitative estimate of drug-likeness (QED) is 0.667. The molecule has 18 heavy (non-hydrogen) atoms. The van der Waals surface area contributed by atoms with Crippen molar-refractivity contribution in [1.29, 1.82) is 0 Å². The molecule has 3 N–H and O–H groups in total. The molecule has 1 heterocycles. The topological polar surface area (TPSA) is 50.4 Å². The molecule has 0 unspecified atom stereocenters. The Morgan fingerprint density at radius 3 is 2.94 bits per heavy atom. The molecule has 0 fully saturated rings. The van der Waals surface area contributed by atoms with Gasteiger partial charge in [0.15, 0.2) is 5.96 Å². The van der Waals surface area contributed by atoms with Gasteiger partial charge in [-0.2, -0.15) is 0 Å². The zero-order valence-corrected chi connectivity index (χ0v) is 12.4. The number of nitrogens with zero attached hydrogens (tertiary/aromatic N) is 1. The summed E-state index contributed by atoms with van der Waals surface area (Å²) in [5.41, 5.74) is 7.99. The monoisotopic (exact) mass is 323 g/mol. The number of nitrogens with one attached hydrogen (secondary N) is 1. The smallest absolute Gasteiger partial charge is 0.193 e. The van der Waals surface area contributed by atoms with Gasteiger partial charge < -0.3 is 11.1 Å². The lowest BCUT2D eigenvalue weighted by molar-refractivity contribution is 1.09. The minimum Gasteiger partial charge on any atom is -0.370 e. The standard InChI is InChI=1S/C13H14BrN3S/c1-9-3-2-4-11(5-9)17-13(15)16-7-12-6-10(14)8-18-12/h2-6,8H,7H2,1H3,(H3,15,16,17). The van der Waals surface area contributed by atoms with Gasteiger partial charge in [-0.25, -0.2) is 4.99 Å². The predicted molar refractivity (Wildman–Crippen MR) is 82.1 cm³/mol. The highest BCUT2D eigenvalue weighted by Gasteiger charge is 1.98. The van der Waals surface area contributed by atoms with Crippen LogP contribution < -0.4 is 11.1 Å². The van der Waals surface area contributed by atoms with E-state index in [1.165, 1.54) is 10.4 Å². The van der Waals surface area contributed by atoms with E-state index in [1.54, 1.807) is 11.3 Å². The third-order valence-electron chi connectivity index (χ3n) is 2.32. The van der Waals surface area contributed by atoms with Crippen LogP contribution in [0.2, 0.25) is 0 Å². The van der Waals surface area contributed by atoms with E-state index in [9.17, 15) is 0 Å². The van der Waals surface area contributed by atoms with Crippen LogP contribution in [0.25, 0.3) is 0 Å². The van der Waals surface area contributed by atoms with Gasteiger partial charge in [-0.05, 0) is 46.6 Å². The van der Waals surface area contributed by atoms with Crippen molar-refractivity contribution in [3.63, 3.8) is 0 Å². The molecule has 0 bridgehead atoms. The van der Waals surface area contributed by atoms with Gasteiger partial charge in [0, 0.05) is 20.4 Å². The van der Waals surface area contributed by atoms with E-state index in [0.717, 1.165) is 10.2 Å². The first-order valence-electron chi connectivity index (χ1n) is 5.50. The summed E-state index contributed by atoms with van der Waals surface area (Å²) in [6.45, 7) is 2.64. The maximum absolute atomic E-state index is 5.84. The number of nitrogens with two attached hydrogens (primary N) is 1. The Morgan fingerprint density at radius 2 is 2.28 bits per heavy atom. The molecular formula is C13H14BrN3S. The highest BCUT2D eigenvalue weighted by Crippen LogP contribution is 2.20. The van der Waals surface area contributed by atoms with Crippen LogP contribution in [0.1, 0.15) is 10.4 Å². The van der Waals surface area contributed by atoms with Crippen molar-refractivity contribution in [2.45, 2.75) is 13.5 Å². The molecule has 0 atom stereocenters. The Balaban J connectivity index is 1.97. The summed E-state index contributed by atoms with van der Waals surface area (Å²) in [5.74, 6) is 0.435. The summed E-state index contributed by atoms with van der Waals surface area (Å²) < 4.78 is 1.09. The number of thiophene rings is 1. The van der Waals surface area contributed by atoms with Crippen molar-refractivity contribution in [1.82, 2.24) is 0 Å². The van der Waals surface area contributed by atoms with Crippen molar-refractivity contribution < 1.29 is 0 Å². The van der Waals surface area contributed by atoms with Gasteiger partial charge in [0.25, 0.3) is 0 Å². The second kappa shape index (κ2) is 6.02. The Labute approximate surface area is 119 Å². The Hall–Kier alpha value is -1.33. The molecule has 0 aliphatic rings. The number of anilines is 1. The third kappa shape index (κ3) is 3.85. The molecule has 0 amide bonds. The van der Waals surface area contributed by atoms with E-state index in [1.807, 2.05) is 42.6 Å². The van der Waals surface area contributed by atoms with E-state index in [4.69, 9.17) is 5.73 Å². The molecule has 0 radical (unpaired) electrons. The molecule has 94 valence electrons. The molecule has 2 aromatic rings. The first kappa shape index (κ1) is 13.1. The summed E-state index contributed by atoms with van der Waals surface area (Å²) in [7, 11) is 0. The molecule has 0 saturated heterocycles. The van der Waals surface area contributed by atoms with E-state index in [0.29, 0.717) is 12.5 Å². The van der Waals surface area contributed by atoms with Gasteiger partial charge in [-0.15, -0.1) is 11.3 Å². The maximum Gasteiger partial charge on any atom is 0.193 e. The van der Waals surface area contributed by atoms with Crippen molar-refractivity contribution in [3.05, 3.63) is 50.6 Å². The van der Waals surface area contributed by atoms with Crippen molar-refractivity contribution in [3.8, 4) is 0 Å². The van der Waals surface area contributed by atoms with Gasteiger partial charge in [0.2, 0.25) is 0 Å². The van der Waals surface area contributed by atoms with Crippen LogP contribution in [0, 0.1) is 6.92 Å². The van der Waals surface area contributed by atoms with Gasteiger partial charge in [-0.3, -0.25) is 0 Å². The first-order chi connectivity index (χ1) is 8.63. The molecule has 0 spiro atoms. The van der Waals surface area contributed by atoms with E-state index >= 15 is 0 Å².